The number of sulfonamides is 1. The van der Waals surface area contributed by atoms with Gasteiger partial charge in [-0.3, -0.25) is 14.5 Å². The molecule has 29 heavy (non-hydrogen) atoms. The van der Waals surface area contributed by atoms with E-state index in [1.807, 2.05) is 18.2 Å². The Morgan fingerprint density at radius 2 is 1.86 bits per heavy atom. The Bertz CT molecular complexity index is 1240. The first-order valence-electron chi connectivity index (χ1n) is 8.77. The van der Waals surface area contributed by atoms with Crippen LogP contribution in [-0.2, 0) is 26.2 Å². The number of esters is 1. The van der Waals surface area contributed by atoms with Crippen molar-refractivity contribution in [2.75, 3.05) is 12.3 Å². The van der Waals surface area contributed by atoms with E-state index in [9.17, 15) is 13.2 Å². The van der Waals surface area contributed by atoms with E-state index in [0.29, 0.717) is 22.7 Å². The van der Waals surface area contributed by atoms with Crippen LogP contribution in [0, 0.1) is 0 Å². The predicted octanol–water partition coefficient (Wildman–Crippen LogP) is 1.38. The summed E-state index contributed by atoms with van der Waals surface area (Å²) < 4.78 is 31.6. The van der Waals surface area contributed by atoms with E-state index in [1.165, 1.54) is 6.07 Å². The van der Waals surface area contributed by atoms with Crippen LogP contribution in [0.25, 0.3) is 10.9 Å². The topological polar surface area (TPSA) is 137 Å². The number of rotatable bonds is 5. The van der Waals surface area contributed by atoms with Crippen molar-refractivity contribution in [3.8, 4) is 0 Å². The minimum Gasteiger partial charge on any atom is -0.457 e. The van der Waals surface area contributed by atoms with E-state index in [1.54, 1.807) is 24.3 Å². The minimum absolute atomic E-state index is 0.0174. The number of aromatic nitrogens is 2. The SMILES string of the molecule is Nc1nc(COC(=O)CCN=C2NS(=O)(=O)c3ccccc32)nc2ccccc12. The van der Waals surface area contributed by atoms with Crippen LogP contribution in [-0.4, -0.2) is 36.7 Å². The van der Waals surface area contributed by atoms with E-state index in [4.69, 9.17) is 10.5 Å². The first-order chi connectivity index (χ1) is 13.9. The first kappa shape index (κ1) is 18.8. The number of amidine groups is 1. The summed E-state index contributed by atoms with van der Waals surface area (Å²) in [5.41, 5.74) is 7.07. The van der Waals surface area contributed by atoms with Gasteiger partial charge in [0.15, 0.2) is 12.4 Å². The van der Waals surface area contributed by atoms with E-state index >= 15 is 0 Å². The number of hydrogen-bond donors (Lipinski definition) is 2. The molecule has 1 aromatic heterocycles. The largest absolute Gasteiger partial charge is 0.457 e. The van der Waals surface area contributed by atoms with Crippen LogP contribution in [0.4, 0.5) is 5.82 Å². The number of anilines is 1. The Morgan fingerprint density at radius 1 is 1.10 bits per heavy atom. The maximum atomic E-state index is 12.0. The van der Waals surface area contributed by atoms with E-state index in [0.717, 1.165) is 5.39 Å². The molecule has 0 radical (unpaired) electrons. The molecule has 0 atom stereocenters. The summed E-state index contributed by atoms with van der Waals surface area (Å²) in [5.74, 6) is 0.344. The van der Waals surface area contributed by atoms with Crippen LogP contribution in [0.5, 0.6) is 0 Å². The number of nitrogens with two attached hydrogens (primary N) is 1. The molecule has 0 bridgehead atoms. The number of carbonyl (C=O) groups is 1. The second-order valence-electron chi connectivity index (χ2n) is 6.28. The molecule has 2 heterocycles. The monoisotopic (exact) mass is 411 g/mol. The van der Waals surface area contributed by atoms with Gasteiger partial charge in [0.1, 0.15) is 11.7 Å². The summed E-state index contributed by atoms with van der Waals surface area (Å²) in [6, 6.07) is 13.8. The molecule has 4 rings (SSSR count). The Labute approximate surface area is 166 Å². The molecule has 1 aliphatic heterocycles. The molecule has 0 spiro atoms. The number of carbonyl (C=O) groups excluding carboxylic acids is 1. The molecule has 3 N–H and O–H groups in total. The number of hydrogen-bond acceptors (Lipinski definition) is 8. The normalized spacial score (nSPS) is 15.8. The third-order valence-corrected chi connectivity index (χ3v) is 5.69. The molecule has 9 nitrogen and oxygen atoms in total. The quantitative estimate of drug-likeness (QED) is 0.605. The van der Waals surface area contributed by atoms with Gasteiger partial charge in [0.05, 0.1) is 23.4 Å². The van der Waals surface area contributed by atoms with Gasteiger partial charge in [0.2, 0.25) is 0 Å². The zero-order valence-electron chi connectivity index (χ0n) is 15.2. The Balaban J connectivity index is 1.36. The molecular weight excluding hydrogens is 394 g/mol. The Kier molecular flexibility index (Phi) is 4.85. The van der Waals surface area contributed by atoms with Crippen molar-refractivity contribution >= 4 is 38.5 Å². The van der Waals surface area contributed by atoms with Crippen molar-refractivity contribution in [2.45, 2.75) is 17.9 Å². The highest BCUT2D eigenvalue weighted by atomic mass is 32.2. The number of benzene rings is 2. The number of para-hydroxylation sites is 1. The lowest BCUT2D eigenvalue weighted by Crippen LogP contribution is -2.22. The van der Waals surface area contributed by atoms with Gasteiger partial charge in [0, 0.05) is 10.9 Å². The number of nitrogens with one attached hydrogen (secondary N) is 1. The van der Waals surface area contributed by atoms with Gasteiger partial charge in [-0.05, 0) is 24.3 Å². The van der Waals surface area contributed by atoms with Crippen molar-refractivity contribution in [3.63, 3.8) is 0 Å². The van der Waals surface area contributed by atoms with Gasteiger partial charge in [0.25, 0.3) is 10.0 Å². The Morgan fingerprint density at radius 3 is 2.72 bits per heavy atom. The second kappa shape index (κ2) is 7.47. The third-order valence-electron chi connectivity index (χ3n) is 4.29. The molecule has 148 valence electrons. The van der Waals surface area contributed by atoms with E-state index in [-0.39, 0.29) is 30.3 Å². The fourth-order valence-electron chi connectivity index (χ4n) is 2.94. The summed E-state index contributed by atoms with van der Waals surface area (Å²) >= 11 is 0. The lowest BCUT2D eigenvalue weighted by Gasteiger charge is -2.06. The molecule has 10 heteroatoms. The summed E-state index contributed by atoms with van der Waals surface area (Å²) in [6.07, 6.45) is -0.0174. The fourth-order valence-corrected chi connectivity index (χ4v) is 4.19. The maximum absolute atomic E-state index is 12.0. The van der Waals surface area contributed by atoms with Gasteiger partial charge >= 0.3 is 5.97 Å². The molecule has 3 aromatic rings. The van der Waals surface area contributed by atoms with Crippen LogP contribution in [0.1, 0.15) is 17.8 Å². The molecule has 0 amide bonds. The maximum Gasteiger partial charge on any atom is 0.308 e. The molecular formula is C19H17N5O4S. The molecule has 0 aliphatic carbocycles. The summed E-state index contributed by atoms with van der Waals surface area (Å²) in [5, 5.41) is 0.734. The van der Waals surface area contributed by atoms with Crippen LogP contribution >= 0.6 is 0 Å². The minimum atomic E-state index is -3.60. The molecule has 1 aliphatic rings. The highest BCUT2D eigenvalue weighted by Crippen LogP contribution is 2.22. The predicted molar refractivity (Wildman–Crippen MR) is 107 cm³/mol. The molecule has 0 saturated carbocycles. The number of nitrogens with zero attached hydrogens (tertiary/aromatic N) is 3. The fraction of sp³-hybridized carbons (Fsp3) is 0.158. The van der Waals surface area contributed by atoms with Crippen LogP contribution in [0.15, 0.2) is 58.4 Å². The standard InChI is InChI=1S/C19H17N5O4S/c20-18-12-5-1-3-7-14(12)22-16(23-18)11-28-17(25)9-10-21-19-13-6-2-4-8-15(13)29(26,27)24-19/h1-8H,9-11H2,(H,21,24)(H2,20,22,23). The van der Waals surface area contributed by atoms with Crippen molar-refractivity contribution in [3.05, 3.63) is 59.9 Å². The summed E-state index contributed by atoms with van der Waals surface area (Å²) in [7, 11) is -3.60. The van der Waals surface area contributed by atoms with Crippen molar-refractivity contribution in [2.24, 2.45) is 4.99 Å². The lowest BCUT2D eigenvalue weighted by molar-refractivity contribution is -0.144. The average Bonchev–Trinajstić information content (AvgIpc) is 2.97. The number of ether oxygens (including phenoxy) is 1. The average molecular weight is 411 g/mol. The van der Waals surface area contributed by atoms with E-state index < -0.39 is 16.0 Å². The zero-order valence-corrected chi connectivity index (χ0v) is 16.0. The van der Waals surface area contributed by atoms with Crippen molar-refractivity contribution in [1.82, 2.24) is 14.7 Å². The van der Waals surface area contributed by atoms with Crippen LogP contribution < -0.4 is 10.5 Å². The lowest BCUT2D eigenvalue weighted by atomic mass is 10.2. The summed E-state index contributed by atoms with van der Waals surface area (Å²) in [6.45, 7) is -0.0361. The number of fused-ring (bicyclic) bond motifs is 2. The van der Waals surface area contributed by atoms with Crippen LogP contribution in [0.3, 0.4) is 0 Å². The van der Waals surface area contributed by atoms with Crippen molar-refractivity contribution < 1.29 is 17.9 Å². The number of nitrogen functional groups attached to an aromatic ring is 1. The van der Waals surface area contributed by atoms with Gasteiger partial charge in [-0.15, -0.1) is 0 Å². The summed E-state index contributed by atoms with van der Waals surface area (Å²) in [4.78, 5) is 24.8. The molecule has 2 aromatic carbocycles. The smallest absolute Gasteiger partial charge is 0.308 e. The second-order valence-corrected chi connectivity index (χ2v) is 7.94. The first-order valence-corrected chi connectivity index (χ1v) is 10.3. The van der Waals surface area contributed by atoms with Crippen LogP contribution in [0.2, 0.25) is 0 Å². The zero-order chi connectivity index (χ0) is 20.4. The third kappa shape index (κ3) is 3.87. The number of aliphatic imine (C=N–C) groups is 1. The Hall–Kier alpha value is -3.53. The van der Waals surface area contributed by atoms with Gasteiger partial charge in [-0.1, -0.05) is 24.3 Å². The highest BCUT2D eigenvalue weighted by molar-refractivity contribution is 7.90. The van der Waals surface area contributed by atoms with E-state index in [2.05, 4.69) is 19.7 Å². The highest BCUT2D eigenvalue weighted by Gasteiger charge is 2.29. The van der Waals surface area contributed by atoms with Gasteiger partial charge < -0.3 is 10.5 Å². The van der Waals surface area contributed by atoms with Gasteiger partial charge in [-0.2, -0.15) is 0 Å². The van der Waals surface area contributed by atoms with Crippen molar-refractivity contribution in [1.29, 1.82) is 0 Å². The molecule has 0 saturated heterocycles. The molecule has 0 unspecified atom stereocenters. The molecule has 0 fully saturated rings. The van der Waals surface area contributed by atoms with Gasteiger partial charge in [-0.25, -0.2) is 18.4 Å².